The first-order valence-corrected chi connectivity index (χ1v) is 11.7. The fourth-order valence-corrected chi connectivity index (χ4v) is 4.94. The molecule has 5 aromatic carbocycles. The molecule has 0 unspecified atom stereocenters. The van der Waals surface area contributed by atoms with Gasteiger partial charge in [-0.05, 0) is 45.0 Å². The van der Waals surface area contributed by atoms with Crippen molar-refractivity contribution in [2.75, 3.05) is 0 Å². The highest BCUT2D eigenvalue weighted by molar-refractivity contribution is 5.94. The van der Waals surface area contributed by atoms with Crippen molar-refractivity contribution in [3.8, 4) is 39.1 Å². The monoisotopic (exact) mass is 440 g/mol. The molecule has 0 saturated carbocycles. The van der Waals surface area contributed by atoms with Crippen molar-refractivity contribution in [3.63, 3.8) is 0 Å². The van der Waals surface area contributed by atoms with E-state index in [4.69, 9.17) is 0 Å². The van der Waals surface area contributed by atoms with E-state index in [-0.39, 0.29) is 5.41 Å². The highest BCUT2D eigenvalue weighted by atomic mass is 16.3. The Balaban J connectivity index is 1.96. The zero-order chi connectivity index (χ0) is 23.5. The molecule has 0 aromatic heterocycles. The lowest BCUT2D eigenvalue weighted by molar-refractivity contribution is 0.475. The second-order valence-electron chi connectivity index (χ2n) is 9.16. The first-order valence-electron chi connectivity index (χ1n) is 11.7. The molecule has 0 atom stereocenters. The van der Waals surface area contributed by atoms with Crippen LogP contribution in [0.5, 0.6) is 5.75 Å². The first-order chi connectivity index (χ1) is 16.6. The predicted octanol–water partition coefficient (Wildman–Crippen LogP) is 8.72. The molecular weight excluding hydrogens is 412 g/mol. The minimum atomic E-state index is -0.375. The van der Waals surface area contributed by atoms with Gasteiger partial charge in [-0.25, -0.2) is 0 Å². The van der Waals surface area contributed by atoms with Crippen molar-refractivity contribution >= 4 is 0 Å². The van der Waals surface area contributed by atoms with E-state index in [9.17, 15) is 5.11 Å². The van der Waals surface area contributed by atoms with E-state index in [0.717, 1.165) is 38.9 Å². The van der Waals surface area contributed by atoms with Gasteiger partial charge in [-0.15, -0.1) is 0 Å². The number of aromatic hydroxyl groups is 1. The van der Waals surface area contributed by atoms with Gasteiger partial charge in [0.2, 0.25) is 0 Å². The van der Waals surface area contributed by atoms with Crippen molar-refractivity contribution in [1.29, 1.82) is 0 Å². The zero-order valence-electron chi connectivity index (χ0n) is 19.6. The Bertz CT molecular complexity index is 1390. The lowest BCUT2D eigenvalue weighted by Gasteiger charge is -2.33. The second kappa shape index (κ2) is 9.03. The fourth-order valence-electron chi connectivity index (χ4n) is 4.94. The molecule has 1 nitrogen and oxygen atoms in total. The maximum absolute atomic E-state index is 11.6. The van der Waals surface area contributed by atoms with Gasteiger partial charge in [-0.2, -0.15) is 0 Å². The Morgan fingerprint density at radius 1 is 0.500 bits per heavy atom. The van der Waals surface area contributed by atoms with Crippen LogP contribution in [0, 0.1) is 0 Å². The molecule has 5 rings (SSSR count). The summed E-state index contributed by atoms with van der Waals surface area (Å²) in [6, 6.07) is 43.6. The summed E-state index contributed by atoms with van der Waals surface area (Å²) in [5.41, 5.74) is 8.24. The third-order valence-electron chi connectivity index (χ3n) is 6.64. The molecular formula is C33H28O. The van der Waals surface area contributed by atoms with E-state index < -0.39 is 0 Å². The molecule has 0 aliphatic carbocycles. The Labute approximate surface area is 202 Å². The zero-order valence-corrected chi connectivity index (χ0v) is 19.6. The molecule has 0 radical (unpaired) electrons. The number of hydrogen-bond acceptors (Lipinski definition) is 1. The lowest BCUT2D eigenvalue weighted by atomic mass is 9.70. The van der Waals surface area contributed by atoms with Gasteiger partial charge < -0.3 is 5.11 Å². The van der Waals surface area contributed by atoms with Crippen LogP contribution in [0.4, 0.5) is 0 Å². The van der Waals surface area contributed by atoms with E-state index in [0.29, 0.717) is 5.75 Å². The van der Waals surface area contributed by atoms with Crippen LogP contribution in [-0.2, 0) is 5.41 Å². The van der Waals surface area contributed by atoms with E-state index >= 15 is 0 Å². The summed E-state index contributed by atoms with van der Waals surface area (Å²) < 4.78 is 0. The highest BCUT2D eigenvalue weighted by Gasteiger charge is 2.33. The Morgan fingerprint density at radius 2 is 0.912 bits per heavy atom. The number of benzene rings is 5. The Hall–Kier alpha value is -4.10. The summed E-state index contributed by atoms with van der Waals surface area (Å²) in [5, 5.41) is 11.6. The average Bonchev–Trinajstić information content (AvgIpc) is 2.90. The molecule has 5 aromatic rings. The smallest absolute Gasteiger partial charge is 0.124 e. The molecule has 0 amide bonds. The van der Waals surface area contributed by atoms with Crippen molar-refractivity contribution in [2.24, 2.45) is 0 Å². The minimum absolute atomic E-state index is 0.295. The van der Waals surface area contributed by atoms with Gasteiger partial charge >= 0.3 is 0 Å². The molecule has 0 heterocycles. The van der Waals surface area contributed by atoms with E-state index in [1.165, 1.54) is 5.56 Å². The summed E-state index contributed by atoms with van der Waals surface area (Å²) in [5.74, 6) is 0.295. The van der Waals surface area contributed by atoms with E-state index in [2.05, 4.69) is 86.6 Å². The lowest BCUT2D eigenvalue weighted by Crippen LogP contribution is -2.22. The van der Waals surface area contributed by atoms with Gasteiger partial charge in [-0.1, -0.05) is 135 Å². The van der Waals surface area contributed by atoms with E-state index in [1.807, 2.05) is 54.6 Å². The fraction of sp³-hybridized carbons (Fsp3) is 0.0909. The predicted molar refractivity (Wildman–Crippen MR) is 143 cm³/mol. The largest absolute Gasteiger partial charge is 0.507 e. The van der Waals surface area contributed by atoms with Crippen molar-refractivity contribution in [3.05, 3.63) is 139 Å². The maximum atomic E-state index is 11.6. The topological polar surface area (TPSA) is 20.2 Å². The van der Waals surface area contributed by atoms with Gasteiger partial charge in [0.25, 0.3) is 0 Å². The van der Waals surface area contributed by atoms with Crippen LogP contribution >= 0.6 is 0 Å². The molecule has 34 heavy (non-hydrogen) atoms. The molecule has 0 spiro atoms. The summed E-state index contributed by atoms with van der Waals surface area (Å²) >= 11 is 0. The average molecular weight is 441 g/mol. The molecule has 0 aliphatic rings. The van der Waals surface area contributed by atoms with E-state index in [1.54, 1.807) is 0 Å². The standard InChI is InChI=1S/C33H28O/c1-33(2,27-21-13-6-14-22-27)32-30(25-17-9-4-10-18-25)28(24-15-7-3-8-16-24)23-29(34)31(32)26-19-11-5-12-20-26/h3-23,34H,1-2H3. The highest BCUT2D eigenvalue weighted by Crippen LogP contribution is 2.51. The van der Waals surface area contributed by atoms with Crippen molar-refractivity contribution in [2.45, 2.75) is 19.3 Å². The quantitative estimate of drug-likeness (QED) is 0.290. The molecule has 166 valence electrons. The van der Waals surface area contributed by atoms with Crippen LogP contribution in [0.25, 0.3) is 33.4 Å². The minimum Gasteiger partial charge on any atom is -0.507 e. The summed E-state index contributed by atoms with van der Waals surface area (Å²) in [7, 11) is 0. The van der Waals surface area contributed by atoms with Crippen LogP contribution < -0.4 is 0 Å². The summed E-state index contributed by atoms with van der Waals surface area (Å²) in [6.45, 7) is 4.51. The normalized spacial score (nSPS) is 11.4. The molecule has 1 N–H and O–H groups in total. The van der Waals surface area contributed by atoms with Gasteiger partial charge in [0.15, 0.2) is 0 Å². The Kier molecular flexibility index (Phi) is 5.77. The SMILES string of the molecule is CC(C)(c1ccccc1)c1c(-c2ccccc2)c(O)cc(-c2ccccc2)c1-c1ccccc1. The number of hydrogen-bond donors (Lipinski definition) is 1. The van der Waals surface area contributed by atoms with Crippen molar-refractivity contribution < 1.29 is 5.11 Å². The number of rotatable bonds is 5. The van der Waals surface area contributed by atoms with Gasteiger partial charge in [-0.3, -0.25) is 0 Å². The molecule has 0 bridgehead atoms. The second-order valence-corrected chi connectivity index (χ2v) is 9.16. The van der Waals surface area contributed by atoms with Crippen LogP contribution in [-0.4, -0.2) is 5.11 Å². The van der Waals surface area contributed by atoms with Crippen LogP contribution in [0.1, 0.15) is 25.0 Å². The summed E-state index contributed by atoms with van der Waals surface area (Å²) in [4.78, 5) is 0. The van der Waals surface area contributed by atoms with Gasteiger partial charge in [0.1, 0.15) is 5.75 Å². The molecule has 1 heteroatoms. The maximum Gasteiger partial charge on any atom is 0.124 e. The third kappa shape index (κ3) is 3.91. The van der Waals surface area contributed by atoms with Crippen molar-refractivity contribution in [1.82, 2.24) is 0 Å². The first kappa shape index (κ1) is 21.7. The molecule has 0 saturated heterocycles. The van der Waals surface area contributed by atoms with Crippen LogP contribution in [0.2, 0.25) is 0 Å². The van der Waals surface area contributed by atoms with Gasteiger partial charge in [0.05, 0.1) is 0 Å². The van der Waals surface area contributed by atoms with Crippen LogP contribution in [0.15, 0.2) is 127 Å². The van der Waals surface area contributed by atoms with Crippen LogP contribution in [0.3, 0.4) is 0 Å². The molecule has 0 fully saturated rings. The summed E-state index contributed by atoms with van der Waals surface area (Å²) in [6.07, 6.45) is 0. The number of phenols is 1. The third-order valence-corrected chi connectivity index (χ3v) is 6.64. The van der Waals surface area contributed by atoms with Gasteiger partial charge in [0, 0.05) is 11.0 Å². The Morgan fingerprint density at radius 3 is 1.41 bits per heavy atom. The molecule has 0 aliphatic heterocycles. The number of phenolic OH excluding ortho intramolecular Hbond substituents is 1.